The quantitative estimate of drug-likeness (QED) is 0.134. The van der Waals surface area contributed by atoms with Crippen molar-refractivity contribution in [3.05, 3.63) is 117 Å². The lowest BCUT2D eigenvalue weighted by atomic mass is 9.89. The fourth-order valence-electron chi connectivity index (χ4n) is 6.66. The first-order chi connectivity index (χ1) is 22.3. The Balaban J connectivity index is 1.11. The number of phenolic OH excluding ortho intramolecular Hbond substituents is 1. The predicted molar refractivity (Wildman–Crippen MR) is 182 cm³/mol. The van der Waals surface area contributed by atoms with Crippen molar-refractivity contribution in [1.82, 2.24) is 4.90 Å². The van der Waals surface area contributed by atoms with Gasteiger partial charge in [-0.3, -0.25) is 14.4 Å². The molecule has 1 unspecified atom stereocenters. The van der Waals surface area contributed by atoms with Gasteiger partial charge in [-0.2, -0.15) is 0 Å². The first-order valence-electron chi connectivity index (χ1n) is 16.2. The van der Waals surface area contributed by atoms with Crippen molar-refractivity contribution < 1.29 is 19.1 Å². The second-order valence-electron chi connectivity index (χ2n) is 12.4. The number of likely N-dealkylation sites (tertiary alicyclic amines) is 1. The number of allylic oxidation sites excluding steroid dienone is 1. The van der Waals surface area contributed by atoms with Crippen LogP contribution in [0.4, 0.5) is 5.69 Å². The third-order valence-electron chi connectivity index (χ3n) is 9.12. The Bertz CT molecular complexity index is 1800. The zero-order valence-electron chi connectivity index (χ0n) is 25.9. The highest BCUT2D eigenvalue weighted by Gasteiger charge is 2.24. The maximum atomic E-state index is 13.1. The lowest BCUT2D eigenvalue weighted by Gasteiger charge is -2.33. The van der Waals surface area contributed by atoms with Gasteiger partial charge in [-0.15, -0.1) is 0 Å². The van der Waals surface area contributed by atoms with Crippen LogP contribution in [-0.4, -0.2) is 41.3 Å². The molecule has 6 rings (SSSR count). The average Bonchev–Trinajstić information content (AvgIpc) is 3.46. The Morgan fingerprint density at radius 2 is 1.74 bits per heavy atom. The predicted octanol–water partition coefficient (Wildman–Crippen LogP) is 7.71. The number of nitrogens with zero attached hydrogens (tertiary/aromatic N) is 2. The average molecular weight is 639 g/mol. The molecular formula is C38H39ClN2O5. The maximum Gasteiger partial charge on any atom is 0.222 e. The van der Waals surface area contributed by atoms with Crippen molar-refractivity contribution in [2.75, 3.05) is 24.5 Å². The molecule has 0 saturated carbocycles. The van der Waals surface area contributed by atoms with Crippen molar-refractivity contribution in [2.45, 2.75) is 57.9 Å². The number of benzene rings is 3. The number of carbonyl (C=O) groups is 2. The number of hydrogen-bond donors (Lipinski definition) is 1. The number of ketones is 1. The number of piperidine rings is 1. The Morgan fingerprint density at radius 3 is 2.50 bits per heavy atom. The molecule has 1 N–H and O–H groups in total. The summed E-state index contributed by atoms with van der Waals surface area (Å²) in [7, 11) is 0. The summed E-state index contributed by atoms with van der Waals surface area (Å²) in [6, 6.07) is 21.9. The monoisotopic (exact) mass is 638 g/mol. The summed E-state index contributed by atoms with van der Waals surface area (Å²) in [5, 5.41) is 10.7. The number of amides is 1. The van der Waals surface area contributed by atoms with E-state index in [-0.39, 0.29) is 51.9 Å². The SMILES string of the molecule is O=C(CCCC(C=C1CCN(c2ccccc2CN2CCCC2=O)CC1)Cc1ccc(Cl)cc1)c1cc(=O)c2cc(O)ccc2o1. The fourth-order valence-corrected chi connectivity index (χ4v) is 6.79. The largest absolute Gasteiger partial charge is 0.508 e. The molecule has 46 heavy (non-hydrogen) atoms. The van der Waals surface area contributed by atoms with E-state index >= 15 is 0 Å². The van der Waals surface area contributed by atoms with Crippen molar-refractivity contribution in [3.63, 3.8) is 0 Å². The Morgan fingerprint density at radius 1 is 0.957 bits per heavy atom. The maximum absolute atomic E-state index is 13.1. The number of para-hydroxylation sites is 1. The van der Waals surface area contributed by atoms with Crippen LogP contribution in [0.3, 0.4) is 0 Å². The molecule has 2 saturated heterocycles. The van der Waals surface area contributed by atoms with E-state index in [9.17, 15) is 19.5 Å². The number of halogens is 1. The smallest absolute Gasteiger partial charge is 0.222 e. The minimum Gasteiger partial charge on any atom is -0.508 e. The topological polar surface area (TPSA) is 91.1 Å². The van der Waals surface area contributed by atoms with Crippen molar-refractivity contribution in [2.24, 2.45) is 5.92 Å². The molecule has 2 fully saturated rings. The molecule has 1 amide bonds. The van der Waals surface area contributed by atoms with Crippen LogP contribution < -0.4 is 10.3 Å². The van der Waals surface area contributed by atoms with Crippen molar-refractivity contribution >= 4 is 39.9 Å². The van der Waals surface area contributed by atoms with Crippen LogP contribution in [0, 0.1) is 5.92 Å². The number of phenols is 1. The van der Waals surface area contributed by atoms with E-state index in [2.05, 4.69) is 47.4 Å². The molecular weight excluding hydrogens is 600 g/mol. The fraction of sp³-hybridized carbons (Fsp3) is 0.342. The number of fused-ring (bicyclic) bond motifs is 1. The van der Waals surface area contributed by atoms with Gasteiger partial charge in [0.15, 0.2) is 17.0 Å². The summed E-state index contributed by atoms with van der Waals surface area (Å²) in [4.78, 5) is 42.3. The van der Waals surface area contributed by atoms with E-state index in [1.165, 1.54) is 46.7 Å². The van der Waals surface area contributed by atoms with Gasteiger partial charge in [0, 0.05) is 55.8 Å². The van der Waals surface area contributed by atoms with E-state index in [0.717, 1.165) is 51.7 Å². The third-order valence-corrected chi connectivity index (χ3v) is 9.37. The highest BCUT2D eigenvalue weighted by molar-refractivity contribution is 6.30. The van der Waals surface area contributed by atoms with Gasteiger partial charge in [0.1, 0.15) is 11.3 Å². The second kappa shape index (κ2) is 14.4. The Kier molecular flexibility index (Phi) is 9.88. The number of hydrogen-bond acceptors (Lipinski definition) is 6. The molecule has 7 nitrogen and oxygen atoms in total. The zero-order valence-corrected chi connectivity index (χ0v) is 26.7. The van der Waals surface area contributed by atoms with Crippen LogP contribution in [0.15, 0.2) is 93.7 Å². The summed E-state index contributed by atoms with van der Waals surface area (Å²) in [6.07, 6.45) is 8.53. The van der Waals surface area contributed by atoms with Crippen LogP contribution in [0.25, 0.3) is 11.0 Å². The first kappa shape index (κ1) is 31.6. The normalized spacial score (nSPS) is 15.8. The lowest BCUT2D eigenvalue weighted by Crippen LogP contribution is -2.32. The first-order valence-corrected chi connectivity index (χ1v) is 16.5. The van der Waals surface area contributed by atoms with Crippen LogP contribution >= 0.6 is 11.6 Å². The van der Waals surface area contributed by atoms with Gasteiger partial charge in [0.2, 0.25) is 5.91 Å². The van der Waals surface area contributed by atoms with Gasteiger partial charge in [0.25, 0.3) is 0 Å². The van der Waals surface area contributed by atoms with E-state index in [1.54, 1.807) is 0 Å². The molecule has 1 aromatic heterocycles. The van der Waals surface area contributed by atoms with Crippen molar-refractivity contribution in [1.29, 1.82) is 0 Å². The summed E-state index contributed by atoms with van der Waals surface area (Å²) in [5.41, 5.74) is 4.99. The van der Waals surface area contributed by atoms with E-state index < -0.39 is 0 Å². The molecule has 0 radical (unpaired) electrons. The van der Waals surface area contributed by atoms with Gasteiger partial charge in [0.05, 0.1) is 5.39 Å². The van der Waals surface area contributed by atoms with Gasteiger partial charge < -0.3 is 19.3 Å². The highest BCUT2D eigenvalue weighted by atomic mass is 35.5. The van der Waals surface area contributed by atoms with Gasteiger partial charge in [-0.25, -0.2) is 0 Å². The highest BCUT2D eigenvalue weighted by Crippen LogP contribution is 2.30. The van der Waals surface area contributed by atoms with Gasteiger partial charge in [-0.1, -0.05) is 53.6 Å². The third kappa shape index (κ3) is 7.71. The molecule has 4 aromatic rings. The molecule has 3 heterocycles. The molecule has 0 aliphatic carbocycles. The number of anilines is 1. The number of Topliss-reactive ketones (excluding diaryl/α,β-unsaturated/α-hetero) is 1. The molecule has 0 bridgehead atoms. The Hall–Kier alpha value is -4.36. The summed E-state index contributed by atoms with van der Waals surface area (Å²) in [6.45, 7) is 3.34. The number of aromatic hydroxyl groups is 1. The summed E-state index contributed by atoms with van der Waals surface area (Å²) < 4.78 is 5.73. The molecule has 3 aromatic carbocycles. The second-order valence-corrected chi connectivity index (χ2v) is 12.9. The van der Waals surface area contributed by atoms with Gasteiger partial charge in [-0.05, 0) is 92.0 Å². The Labute approximate surface area is 274 Å². The molecule has 2 aliphatic rings. The minimum absolute atomic E-state index is 0.0228. The molecule has 8 heteroatoms. The van der Waals surface area contributed by atoms with Crippen LogP contribution in [-0.2, 0) is 17.8 Å². The molecule has 1 atom stereocenters. The van der Waals surface area contributed by atoms with Crippen LogP contribution in [0.5, 0.6) is 5.75 Å². The lowest BCUT2D eigenvalue weighted by molar-refractivity contribution is -0.128. The number of carbonyl (C=O) groups excluding carboxylic acids is 2. The summed E-state index contributed by atoms with van der Waals surface area (Å²) >= 11 is 6.15. The van der Waals surface area contributed by atoms with Gasteiger partial charge >= 0.3 is 0 Å². The van der Waals surface area contributed by atoms with Crippen LogP contribution in [0.1, 0.15) is 66.6 Å². The minimum atomic E-state index is -0.343. The molecule has 2 aliphatic heterocycles. The van der Waals surface area contributed by atoms with E-state index in [1.807, 2.05) is 17.0 Å². The number of rotatable bonds is 11. The molecule has 238 valence electrons. The van der Waals surface area contributed by atoms with Crippen LogP contribution in [0.2, 0.25) is 5.02 Å². The van der Waals surface area contributed by atoms with E-state index in [4.69, 9.17) is 16.0 Å². The van der Waals surface area contributed by atoms with E-state index in [0.29, 0.717) is 24.4 Å². The van der Waals surface area contributed by atoms with Crippen molar-refractivity contribution in [3.8, 4) is 5.75 Å². The zero-order chi connectivity index (χ0) is 32.0. The summed E-state index contributed by atoms with van der Waals surface area (Å²) in [5.74, 6) is 0.321. The standard InChI is InChI=1S/C38H39ClN2O5/c39-30-12-10-26(11-13-30)21-28(5-3-8-34(43)37-24-35(44)32-23-31(42)14-15-36(32)46-37)22-27-16-19-40(20-17-27)33-7-2-1-6-29(33)25-41-18-4-9-38(41)45/h1-2,6-7,10-15,22-24,28,42H,3-5,8-9,16-21,25H2. The molecule has 0 spiro atoms.